The quantitative estimate of drug-likeness (QED) is 0.807. The molecule has 17 heavy (non-hydrogen) atoms. The highest BCUT2D eigenvalue weighted by atomic mass is 16.5. The van der Waals surface area contributed by atoms with Gasteiger partial charge in [-0.3, -0.25) is 4.79 Å². The predicted molar refractivity (Wildman–Crippen MR) is 64.6 cm³/mol. The summed E-state index contributed by atoms with van der Waals surface area (Å²) in [5, 5.41) is 9.24. The molecule has 2 aliphatic rings. The maximum absolute atomic E-state index is 12.2. The Kier molecular flexibility index (Phi) is 4.80. The third-order valence-corrected chi connectivity index (χ3v) is 3.95. The molecular formula is C13H23NO3. The Hall–Kier alpha value is -0.610. The Morgan fingerprint density at radius 3 is 2.76 bits per heavy atom. The maximum atomic E-state index is 12.2. The van der Waals surface area contributed by atoms with Crippen molar-refractivity contribution < 1.29 is 14.6 Å². The van der Waals surface area contributed by atoms with Gasteiger partial charge in [0.15, 0.2) is 0 Å². The zero-order chi connectivity index (χ0) is 12.1. The fourth-order valence-corrected chi connectivity index (χ4v) is 2.89. The Morgan fingerprint density at radius 2 is 2.06 bits per heavy atom. The molecular weight excluding hydrogens is 218 g/mol. The number of morpholine rings is 1. The number of carbonyl (C=O) groups excluding carboxylic acids is 1. The van der Waals surface area contributed by atoms with Crippen LogP contribution in [0.15, 0.2) is 0 Å². The van der Waals surface area contributed by atoms with Crippen LogP contribution in [0.25, 0.3) is 0 Å². The second-order valence-corrected chi connectivity index (χ2v) is 5.21. The molecule has 0 spiro atoms. The number of aliphatic hydroxyl groups excluding tert-OH is 1. The highest BCUT2D eigenvalue weighted by Crippen LogP contribution is 2.27. The number of rotatable bonds is 3. The summed E-state index contributed by atoms with van der Waals surface area (Å²) in [4.78, 5) is 14.0. The van der Waals surface area contributed by atoms with E-state index in [1.165, 1.54) is 32.1 Å². The number of hydrogen-bond acceptors (Lipinski definition) is 3. The first-order valence-corrected chi connectivity index (χ1v) is 6.79. The summed E-state index contributed by atoms with van der Waals surface area (Å²) < 4.78 is 5.29. The standard InChI is InChI=1S/C13H23NO3/c15-9-12-10-17-7-6-14(12)13(16)8-11-4-2-1-3-5-11/h11-12,15H,1-10H2. The molecule has 2 rings (SSSR count). The van der Waals surface area contributed by atoms with Crippen LogP contribution in [0.4, 0.5) is 0 Å². The van der Waals surface area contributed by atoms with Gasteiger partial charge in [-0.25, -0.2) is 0 Å². The first-order chi connectivity index (χ1) is 8.31. The first-order valence-electron chi connectivity index (χ1n) is 6.79. The minimum absolute atomic E-state index is 0.0103. The van der Waals surface area contributed by atoms with Gasteiger partial charge in [-0.1, -0.05) is 19.3 Å². The van der Waals surface area contributed by atoms with E-state index in [-0.39, 0.29) is 18.6 Å². The molecule has 0 aromatic rings. The van der Waals surface area contributed by atoms with E-state index < -0.39 is 0 Å². The molecule has 1 heterocycles. The van der Waals surface area contributed by atoms with Gasteiger partial charge in [0.2, 0.25) is 5.91 Å². The molecule has 4 nitrogen and oxygen atoms in total. The van der Waals surface area contributed by atoms with Crippen LogP contribution in [-0.2, 0) is 9.53 Å². The highest BCUT2D eigenvalue weighted by molar-refractivity contribution is 5.77. The summed E-state index contributed by atoms with van der Waals surface area (Å²) in [6.07, 6.45) is 6.91. The molecule has 0 radical (unpaired) electrons. The lowest BCUT2D eigenvalue weighted by Gasteiger charge is -2.35. The molecule has 1 aliphatic carbocycles. The molecule has 1 atom stereocenters. The molecule has 98 valence electrons. The lowest BCUT2D eigenvalue weighted by Crippen LogP contribution is -2.50. The zero-order valence-corrected chi connectivity index (χ0v) is 10.4. The van der Waals surface area contributed by atoms with Crippen LogP contribution in [-0.4, -0.2) is 48.3 Å². The van der Waals surface area contributed by atoms with E-state index in [4.69, 9.17) is 4.74 Å². The third kappa shape index (κ3) is 3.42. The average molecular weight is 241 g/mol. The summed E-state index contributed by atoms with van der Waals surface area (Å²) in [7, 11) is 0. The van der Waals surface area contributed by atoms with Gasteiger partial charge in [-0.05, 0) is 18.8 Å². The predicted octanol–water partition coefficient (Wildman–Crippen LogP) is 1.18. The fraction of sp³-hybridized carbons (Fsp3) is 0.923. The number of amides is 1. The number of nitrogens with zero attached hydrogens (tertiary/aromatic N) is 1. The van der Waals surface area contributed by atoms with E-state index in [0.717, 1.165) is 0 Å². The van der Waals surface area contributed by atoms with Crippen molar-refractivity contribution in [2.75, 3.05) is 26.4 Å². The molecule has 1 unspecified atom stereocenters. The van der Waals surface area contributed by atoms with Crippen LogP contribution in [0.2, 0.25) is 0 Å². The van der Waals surface area contributed by atoms with Crippen LogP contribution in [0.5, 0.6) is 0 Å². The van der Waals surface area contributed by atoms with Crippen molar-refractivity contribution in [2.45, 2.75) is 44.6 Å². The van der Waals surface area contributed by atoms with Gasteiger partial charge in [0.25, 0.3) is 0 Å². The summed E-state index contributed by atoms with van der Waals surface area (Å²) in [6.45, 7) is 1.73. The number of carbonyl (C=O) groups is 1. The van der Waals surface area contributed by atoms with E-state index in [9.17, 15) is 9.90 Å². The van der Waals surface area contributed by atoms with Crippen LogP contribution in [0.3, 0.4) is 0 Å². The van der Waals surface area contributed by atoms with E-state index in [1.54, 1.807) is 0 Å². The summed E-state index contributed by atoms with van der Waals surface area (Å²) >= 11 is 0. The molecule has 1 aliphatic heterocycles. The smallest absolute Gasteiger partial charge is 0.223 e. The second-order valence-electron chi connectivity index (χ2n) is 5.21. The van der Waals surface area contributed by atoms with E-state index >= 15 is 0 Å². The summed E-state index contributed by atoms with van der Waals surface area (Å²) in [5.74, 6) is 0.776. The van der Waals surface area contributed by atoms with Crippen LogP contribution in [0, 0.1) is 5.92 Å². The molecule has 4 heteroatoms. The Bertz CT molecular complexity index is 251. The van der Waals surface area contributed by atoms with Crippen molar-refractivity contribution in [2.24, 2.45) is 5.92 Å². The van der Waals surface area contributed by atoms with E-state index in [1.807, 2.05) is 4.90 Å². The molecule has 1 N–H and O–H groups in total. The van der Waals surface area contributed by atoms with Gasteiger partial charge in [-0.15, -0.1) is 0 Å². The number of aliphatic hydroxyl groups is 1. The molecule has 1 saturated heterocycles. The molecule has 1 amide bonds. The fourth-order valence-electron chi connectivity index (χ4n) is 2.89. The topological polar surface area (TPSA) is 49.8 Å². The summed E-state index contributed by atoms with van der Waals surface area (Å²) in [6, 6.07) is -0.125. The minimum atomic E-state index is -0.125. The van der Waals surface area contributed by atoms with Crippen molar-refractivity contribution in [3.63, 3.8) is 0 Å². The van der Waals surface area contributed by atoms with Gasteiger partial charge in [0, 0.05) is 13.0 Å². The van der Waals surface area contributed by atoms with Crippen molar-refractivity contribution in [3.8, 4) is 0 Å². The third-order valence-electron chi connectivity index (χ3n) is 3.95. The lowest BCUT2D eigenvalue weighted by molar-refractivity contribution is -0.142. The van der Waals surface area contributed by atoms with Crippen LogP contribution >= 0.6 is 0 Å². The molecule has 2 fully saturated rings. The summed E-state index contributed by atoms with van der Waals surface area (Å²) in [5.41, 5.74) is 0. The lowest BCUT2D eigenvalue weighted by atomic mass is 9.86. The molecule has 0 aromatic heterocycles. The molecule has 1 saturated carbocycles. The first kappa shape index (κ1) is 12.8. The SMILES string of the molecule is O=C(CC1CCCCC1)N1CCOCC1CO. The van der Waals surface area contributed by atoms with Crippen molar-refractivity contribution in [1.29, 1.82) is 0 Å². The number of hydrogen-bond donors (Lipinski definition) is 1. The largest absolute Gasteiger partial charge is 0.394 e. The van der Waals surface area contributed by atoms with Gasteiger partial charge in [0.1, 0.15) is 0 Å². The Balaban J connectivity index is 1.84. The second kappa shape index (κ2) is 6.36. The van der Waals surface area contributed by atoms with Gasteiger partial charge < -0.3 is 14.7 Å². The Labute approximate surface area is 103 Å². The van der Waals surface area contributed by atoms with Crippen molar-refractivity contribution in [3.05, 3.63) is 0 Å². The van der Waals surface area contributed by atoms with E-state index in [0.29, 0.717) is 32.1 Å². The van der Waals surface area contributed by atoms with Crippen molar-refractivity contribution in [1.82, 2.24) is 4.90 Å². The van der Waals surface area contributed by atoms with Gasteiger partial charge >= 0.3 is 0 Å². The van der Waals surface area contributed by atoms with Crippen LogP contribution in [0.1, 0.15) is 38.5 Å². The van der Waals surface area contributed by atoms with Crippen LogP contribution < -0.4 is 0 Å². The highest BCUT2D eigenvalue weighted by Gasteiger charge is 2.28. The number of ether oxygens (including phenoxy) is 1. The van der Waals surface area contributed by atoms with E-state index in [2.05, 4.69) is 0 Å². The molecule has 0 aromatic carbocycles. The zero-order valence-electron chi connectivity index (χ0n) is 10.4. The minimum Gasteiger partial charge on any atom is -0.394 e. The Morgan fingerprint density at radius 1 is 1.29 bits per heavy atom. The van der Waals surface area contributed by atoms with Gasteiger partial charge in [0.05, 0.1) is 25.9 Å². The normalized spacial score (nSPS) is 27.1. The average Bonchev–Trinajstić information content (AvgIpc) is 2.40. The monoisotopic (exact) mass is 241 g/mol. The molecule has 0 bridgehead atoms. The van der Waals surface area contributed by atoms with Crippen molar-refractivity contribution >= 4 is 5.91 Å². The van der Waals surface area contributed by atoms with Gasteiger partial charge in [-0.2, -0.15) is 0 Å². The maximum Gasteiger partial charge on any atom is 0.223 e.